The second kappa shape index (κ2) is 10.6. The van der Waals surface area contributed by atoms with Crippen molar-refractivity contribution < 1.29 is 24.3 Å². The molecule has 5 aliphatic carbocycles. The molecule has 0 bridgehead atoms. The maximum atomic E-state index is 14.7. The summed E-state index contributed by atoms with van der Waals surface area (Å²) in [6, 6.07) is 6.31. The Labute approximate surface area is 274 Å². The van der Waals surface area contributed by atoms with E-state index in [2.05, 4.69) is 46.9 Å². The molecular weight excluding hydrogens is 580 g/mol. The van der Waals surface area contributed by atoms with Crippen molar-refractivity contribution in [1.29, 1.82) is 0 Å². The van der Waals surface area contributed by atoms with Crippen molar-refractivity contribution in [3.05, 3.63) is 41.1 Å². The normalized spacial score (nSPS) is 42.7. The lowest BCUT2D eigenvalue weighted by Gasteiger charge is -2.70. The molecule has 4 fully saturated rings. The summed E-state index contributed by atoms with van der Waals surface area (Å²) in [4.78, 5) is 40.6. The topological polar surface area (TPSA) is 119 Å². The van der Waals surface area contributed by atoms with E-state index in [4.69, 9.17) is 4.74 Å². The zero-order valence-electron chi connectivity index (χ0n) is 29.0. The molecule has 0 heterocycles. The number of nitrogens with zero attached hydrogens (tertiary/aromatic N) is 1. The highest BCUT2D eigenvalue weighted by Crippen LogP contribution is 2.75. The Morgan fingerprint density at radius 3 is 2.35 bits per heavy atom. The minimum atomic E-state index is -0.654. The van der Waals surface area contributed by atoms with Crippen LogP contribution in [0.15, 0.2) is 35.9 Å². The summed E-state index contributed by atoms with van der Waals surface area (Å²) in [7, 11) is 0. The van der Waals surface area contributed by atoms with Gasteiger partial charge in [0.1, 0.15) is 6.10 Å². The highest BCUT2D eigenvalue weighted by molar-refractivity contribution is 5.97. The first-order valence-electron chi connectivity index (χ1n) is 17.3. The zero-order chi connectivity index (χ0) is 33.7. The number of carbonyl (C=O) groups is 3. The second-order valence-electron chi connectivity index (χ2n) is 17.5. The van der Waals surface area contributed by atoms with Crippen LogP contribution in [0.5, 0.6) is 0 Å². The van der Waals surface area contributed by atoms with Crippen LogP contribution in [0.1, 0.15) is 113 Å². The van der Waals surface area contributed by atoms with Crippen LogP contribution in [0, 0.1) is 55.5 Å². The quantitative estimate of drug-likeness (QED) is 0.253. The standard InChI is InChI=1S/C38H53N2O6/c1-23(41)46-30-13-14-36(6)29(33(30,2)3)12-15-38(8)31(36)28(42)21-26-27-22-35(5,17-16-34(27,4)18-19-37(26,38)7)32(43)39-24-10-9-11-25(20-24)40(44)45/h9-11,20-21,27,29-31,44H,12-19,22H2,1-8H3,(H,39,43)/q-1/t27-,29+,30+,31+,34-,35+,36+,37+,38+/m0/s1. The summed E-state index contributed by atoms with van der Waals surface area (Å²) in [5, 5.41) is 23.6. The van der Waals surface area contributed by atoms with Crippen molar-refractivity contribution >= 4 is 29.0 Å². The van der Waals surface area contributed by atoms with E-state index in [1.54, 1.807) is 12.1 Å². The average molecular weight is 634 g/mol. The first-order valence-corrected chi connectivity index (χ1v) is 17.3. The van der Waals surface area contributed by atoms with Gasteiger partial charge in [0.2, 0.25) is 5.91 Å². The van der Waals surface area contributed by atoms with Gasteiger partial charge in [-0.05, 0) is 116 Å². The number of fused-ring (bicyclic) bond motifs is 7. The Morgan fingerprint density at radius 1 is 0.978 bits per heavy atom. The highest BCUT2D eigenvalue weighted by Gasteiger charge is 2.70. The molecule has 4 saturated carbocycles. The smallest absolute Gasteiger partial charge is 0.302 e. The number of esters is 1. The number of allylic oxidation sites excluding steroid dienone is 2. The predicted octanol–water partition coefficient (Wildman–Crippen LogP) is 8.23. The number of anilines is 2. The third kappa shape index (κ3) is 4.71. The third-order valence-corrected chi connectivity index (χ3v) is 14.7. The lowest BCUT2D eigenvalue weighted by molar-refractivity contribution is -0.210. The van der Waals surface area contributed by atoms with E-state index >= 15 is 0 Å². The van der Waals surface area contributed by atoms with Crippen molar-refractivity contribution in [1.82, 2.24) is 0 Å². The van der Waals surface area contributed by atoms with Crippen LogP contribution in [0.2, 0.25) is 0 Å². The van der Waals surface area contributed by atoms with Gasteiger partial charge in [0.05, 0.1) is 5.69 Å². The van der Waals surface area contributed by atoms with Gasteiger partial charge in [-0.3, -0.25) is 19.6 Å². The molecule has 0 unspecified atom stereocenters. The number of ether oxygens (including phenoxy) is 1. The summed E-state index contributed by atoms with van der Waals surface area (Å²) < 4.78 is 5.86. The fraction of sp³-hybridized carbons (Fsp3) is 0.711. The number of rotatable bonds is 4. The SMILES string of the molecule is CC(=O)O[C@@H]1CC[C@]2(C)[C@H](CC[C@]3(C)[C@@H]2C(=O)C=C2[C@@H]4C[C@](C)(C(=O)Nc5cccc(N([O-])O)c5)CC[C@@]4(C)CC[C@]23C)C1(C)C. The molecule has 0 saturated heterocycles. The van der Waals surface area contributed by atoms with Gasteiger partial charge in [-0.2, -0.15) is 0 Å². The van der Waals surface area contributed by atoms with Gasteiger partial charge >= 0.3 is 5.97 Å². The zero-order valence-corrected chi connectivity index (χ0v) is 29.0. The van der Waals surface area contributed by atoms with E-state index in [0.29, 0.717) is 12.1 Å². The Kier molecular flexibility index (Phi) is 7.68. The maximum absolute atomic E-state index is 14.7. The van der Waals surface area contributed by atoms with Gasteiger partial charge in [0.15, 0.2) is 5.78 Å². The molecule has 1 amide bonds. The van der Waals surface area contributed by atoms with Gasteiger partial charge in [-0.25, -0.2) is 0 Å². The van der Waals surface area contributed by atoms with E-state index in [1.165, 1.54) is 24.6 Å². The lowest BCUT2D eigenvalue weighted by Crippen LogP contribution is -2.66. The van der Waals surface area contributed by atoms with Crippen LogP contribution in [0.25, 0.3) is 0 Å². The summed E-state index contributed by atoms with van der Waals surface area (Å²) in [6.45, 7) is 17.5. The van der Waals surface area contributed by atoms with Crippen molar-refractivity contribution in [2.75, 3.05) is 10.5 Å². The van der Waals surface area contributed by atoms with Crippen molar-refractivity contribution in [2.45, 2.75) is 119 Å². The Hall–Kier alpha value is -2.71. The minimum absolute atomic E-state index is 0.0135. The molecule has 9 atom stereocenters. The molecule has 0 spiro atoms. The predicted molar refractivity (Wildman–Crippen MR) is 178 cm³/mol. The lowest BCUT2D eigenvalue weighted by atomic mass is 9.33. The fourth-order valence-corrected chi connectivity index (χ4v) is 11.8. The van der Waals surface area contributed by atoms with Gasteiger partial charge in [-0.1, -0.05) is 60.1 Å². The number of carbonyl (C=O) groups excluding carboxylic acids is 3. The van der Waals surface area contributed by atoms with Crippen LogP contribution in [0.4, 0.5) is 11.4 Å². The number of hydrogen-bond donors (Lipinski definition) is 2. The number of amides is 1. The van der Waals surface area contributed by atoms with E-state index in [0.717, 1.165) is 51.4 Å². The number of nitrogens with one attached hydrogen (secondary N) is 1. The average Bonchev–Trinajstić information content (AvgIpc) is 2.96. The number of hydrogen-bond acceptors (Lipinski definition) is 7. The van der Waals surface area contributed by atoms with Gasteiger partial charge in [0.25, 0.3) is 0 Å². The van der Waals surface area contributed by atoms with Crippen molar-refractivity contribution in [3.63, 3.8) is 0 Å². The van der Waals surface area contributed by atoms with E-state index in [9.17, 15) is 24.8 Å². The third-order valence-electron chi connectivity index (χ3n) is 14.7. The molecule has 0 aromatic heterocycles. The summed E-state index contributed by atoms with van der Waals surface area (Å²) >= 11 is 0. The molecule has 1 aromatic rings. The van der Waals surface area contributed by atoms with Crippen LogP contribution in [-0.4, -0.2) is 29.0 Å². The molecule has 8 nitrogen and oxygen atoms in total. The largest absolute Gasteiger partial charge is 0.733 e. The monoisotopic (exact) mass is 633 g/mol. The van der Waals surface area contributed by atoms with Crippen molar-refractivity contribution in [2.24, 2.45) is 50.2 Å². The molecule has 252 valence electrons. The molecule has 46 heavy (non-hydrogen) atoms. The Bertz CT molecular complexity index is 1480. The van der Waals surface area contributed by atoms with Gasteiger partial charge in [0, 0.05) is 29.4 Å². The minimum Gasteiger partial charge on any atom is -0.733 e. The van der Waals surface area contributed by atoms with E-state index < -0.39 is 5.41 Å². The van der Waals surface area contributed by atoms with Gasteiger partial charge < -0.3 is 20.5 Å². The molecule has 6 rings (SSSR count). The second-order valence-corrected chi connectivity index (χ2v) is 17.5. The van der Waals surface area contributed by atoms with E-state index in [1.807, 2.05) is 13.0 Å². The maximum Gasteiger partial charge on any atom is 0.302 e. The number of ketones is 1. The summed E-state index contributed by atoms with van der Waals surface area (Å²) in [5.41, 5.74) is 0.346. The molecule has 0 radical (unpaired) electrons. The van der Waals surface area contributed by atoms with E-state index in [-0.39, 0.29) is 79.5 Å². The molecule has 2 N–H and O–H groups in total. The molecule has 8 heteroatoms. The fourth-order valence-electron chi connectivity index (χ4n) is 11.8. The molecular formula is C38H53N2O6-. The first kappa shape index (κ1) is 33.2. The van der Waals surface area contributed by atoms with Crippen molar-refractivity contribution in [3.8, 4) is 0 Å². The van der Waals surface area contributed by atoms with Crippen LogP contribution in [-0.2, 0) is 19.1 Å². The Balaban J connectivity index is 1.33. The molecule has 0 aliphatic heterocycles. The van der Waals surface area contributed by atoms with Crippen LogP contribution >= 0.6 is 0 Å². The molecule has 5 aliphatic rings. The first-order chi connectivity index (χ1) is 21.3. The summed E-state index contributed by atoms with van der Waals surface area (Å²) in [5.74, 6) is 0.190. The summed E-state index contributed by atoms with van der Waals surface area (Å²) in [6.07, 6.45) is 9.90. The Morgan fingerprint density at radius 2 is 1.67 bits per heavy atom. The van der Waals surface area contributed by atoms with Gasteiger partial charge in [-0.15, -0.1) is 0 Å². The highest BCUT2D eigenvalue weighted by atomic mass is 16.8. The number of benzene rings is 1. The van der Waals surface area contributed by atoms with Crippen LogP contribution in [0.3, 0.4) is 0 Å². The van der Waals surface area contributed by atoms with Crippen LogP contribution < -0.4 is 10.5 Å². The molecule has 1 aromatic carbocycles.